The van der Waals surface area contributed by atoms with Crippen LogP contribution in [0.5, 0.6) is 0 Å². The summed E-state index contributed by atoms with van der Waals surface area (Å²) in [6.45, 7) is 0.0824. The van der Waals surface area contributed by atoms with Gasteiger partial charge in [-0.25, -0.2) is 10.2 Å². The van der Waals surface area contributed by atoms with Gasteiger partial charge in [0.05, 0.1) is 6.42 Å². The van der Waals surface area contributed by atoms with Crippen molar-refractivity contribution in [2.75, 3.05) is 11.9 Å². The average molecular weight is 374 g/mol. The first-order valence-electron chi connectivity index (χ1n) is 7.61. The smallest absolute Gasteiger partial charge is 0.428 e. The maximum absolute atomic E-state index is 12.2. The van der Waals surface area contributed by atoms with Gasteiger partial charge in [0.25, 0.3) is 5.69 Å². The van der Waals surface area contributed by atoms with Crippen LogP contribution in [0.3, 0.4) is 0 Å². The lowest BCUT2D eigenvalue weighted by atomic mass is 10.1. The van der Waals surface area contributed by atoms with E-state index in [1.54, 1.807) is 41.6 Å². The monoisotopic (exact) mass is 373 g/mol. The molecule has 0 aromatic heterocycles. The second kappa shape index (κ2) is 7.75. The molecule has 0 aliphatic carbocycles. The summed E-state index contributed by atoms with van der Waals surface area (Å²) in [4.78, 5) is 34.1. The SMILES string of the molecule is O=[NH+]c1cc(Cl)ccc1CC(=O)Nc1ccc(C2=NNC(=O)OC2)cc1. The van der Waals surface area contributed by atoms with Gasteiger partial charge in [0.1, 0.15) is 12.3 Å². The molecule has 0 fully saturated rings. The van der Waals surface area contributed by atoms with Crippen molar-refractivity contribution in [3.05, 3.63) is 63.5 Å². The summed E-state index contributed by atoms with van der Waals surface area (Å²) >= 11 is 5.83. The number of carbonyl (C=O) groups is 2. The molecule has 1 heterocycles. The fourth-order valence-electron chi connectivity index (χ4n) is 2.38. The van der Waals surface area contributed by atoms with E-state index < -0.39 is 6.09 Å². The molecule has 0 radical (unpaired) electrons. The van der Waals surface area contributed by atoms with Gasteiger partial charge < -0.3 is 10.1 Å². The Balaban J connectivity index is 1.65. The first kappa shape index (κ1) is 17.6. The topological polar surface area (TPSA) is 111 Å². The van der Waals surface area contributed by atoms with E-state index in [4.69, 9.17) is 16.3 Å². The molecule has 0 atom stereocenters. The van der Waals surface area contributed by atoms with Crippen LogP contribution in [0.1, 0.15) is 11.1 Å². The van der Waals surface area contributed by atoms with E-state index in [-0.39, 0.29) is 24.6 Å². The largest absolute Gasteiger partial charge is 0.442 e. The highest BCUT2D eigenvalue weighted by Gasteiger charge is 2.15. The van der Waals surface area contributed by atoms with Crippen LogP contribution >= 0.6 is 11.6 Å². The molecule has 0 saturated heterocycles. The molecule has 1 aliphatic heterocycles. The highest BCUT2D eigenvalue weighted by molar-refractivity contribution is 6.30. The normalized spacial score (nSPS) is 13.3. The van der Waals surface area contributed by atoms with Crippen LogP contribution in [0.4, 0.5) is 16.2 Å². The molecular weight excluding hydrogens is 360 g/mol. The quantitative estimate of drug-likeness (QED) is 0.736. The molecule has 2 amide bonds. The lowest BCUT2D eigenvalue weighted by Gasteiger charge is -2.13. The maximum Gasteiger partial charge on any atom is 0.428 e. The van der Waals surface area contributed by atoms with Gasteiger partial charge in [0.2, 0.25) is 5.91 Å². The lowest BCUT2D eigenvalue weighted by Crippen LogP contribution is -2.56. The summed E-state index contributed by atoms with van der Waals surface area (Å²) < 4.78 is 4.84. The van der Waals surface area contributed by atoms with Crippen LogP contribution in [0, 0.1) is 4.91 Å². The molecule has 1 aliphatic rings. The predicted octanol–water partition coefficient (Wildman–Crippen LogP) is 1.44. The van der Waals surface area contributed by atoms with Crippen molar-refractivity contribution < 1.29 is 19.5 Å². The minimum Gasteiger partial charge on any atom is -0.442 e. The molecule has 132 valence electrons. The summed E-state index contributed by atoms with van der Waals surface area (Å²) in [7, 11) is 0. The number of nitrogens with zero attached hydrogens (tertiary/aromatic N) is 1. The highest BCUT2D eigenvalue weighted by Crippen LogP contribution is 2.18. The molecule has 26 heavy (non-hydrogen) atoms. The second-order valence-corrected chi connectivity index (χ2v) is 5.89. The standard InChI is InChI=1S/C17H13ClN4O4/c18-12-4-1-11(14(8-12)22-25)7-16(23)19-13-5-2-10(3-6-13)15-9-26-17(24)21-20-15/h1-6,8H,7,9H2,(H,19,23)(H,21,24)/p+1. The van der Waals surface area contributed by atoms with E-state index in [1.807, 2.05) is 0 Å². The first-order valence-corrected chi connectivity index (χ1v) is 7.99. The van der Waals surface area contributed by atoms with Crippen molar-refractivity contribution in [3.8, 4) is 0 Å². The molecule has 0 unspecified atom stereocenters. The van der Waals surface area contributed by atoms with Crippen LogP contribution < -0.4 is 15.9 Å². The molecule has 0 spiro atoms. The lowest BCUT2D eigenvalue weighted by molar-refractivity contribution is -0.380. The Labute approximate surface area is 153 Å². The van der Waals surface area contributed by atoms with E-state index in [1.165, 1.54) is 6.07 Å². The van der Waals surface area contributed by atoms with Gasteiger partial charge in [-0.05, 0) is 18.2 Å². The van der Waals surface area contributed by atoms with Crippen molar-refractivity contribution in [1.82, 2.24) is 5.43 Å². The molecular formula is C17H14ClN4O4+. The zero-order chi connectivity index (χ0) is 18.5. The molecule has 0 saturated carbocycles. The summed E-state index contributed by atoms with van der Waals surface area (Å²) in [6, 6.07) is 11.6. The zero-order valence-electron chi connectivity index (χ0n) is 13.4. The number of benzene rings is 2. The molecule has 9 heteroatoms. The van der Waals surface area contributed by atoms with Gasteiger partial charge in [-0.15, -0.1) is 0 Å². The summed E-state index contributed by atoms with van der Waals surface area (Å²) in [5, 5.41) is 8.86. The van der Waals surface area contributed by atoms with Gasteiger partial charge in [0.15, 0.2) is 0 Å². The van der Waals surface area contributed by atoms with Crippen LogP contribution in [-0.4, -0.2) is 24.3 Å². The van der Waals surface area contributed by atoms with Crippen molar-refractivity contribution in [2.24, 2.45) is 5.10 Å². The van der Waals surface area contributed by atoms with E-state index in [0.29, 0.717) is 22.0 Å². The van der Waals surface area contributed by atoms with Crippen molar-refractivity contribution in [3.63, 3.8) is 0 Å². The average Bonchev–Trinajstić information content (AvgIpc) is 2.64. The number of anilines is 1. The van der Waals surface area contributed by atoms with E-state index in [2.05, 4.69) is 15.8 Å². The number of hydrogen-bond acceptors (Lipinski definition) is 5. The molecule has 3 rings (SSSR count). The van der Waals surface area contributed by atoms with Crippen molar-refractivity contribution in [1.29, 1.82) is 0 Å². The Bertz CT molecular complexity index is 896. The fourth-order valence-corrected chi connectivity index (χ4v) is 2.55. The summed E-state index contributed by atoms with van der Waals surface area (Å²) in [5.74, 6) is -0.276. The Morgan fingerprint density at radius 1 is 1.27 bits per heavy atom. The molecule has 0 bridgehead atoms. The maximum atomic E-state index is 12.2. The second-order valence-electron chi connectivity index (χ2n) is 5.45. The predicted molar refractivity (Wildman–Crippen MR) is 95.2 cm³/mol. The Morgan fingerprint density at radius 3 is 2.69 bits per heavy atom. The molecule has 2 aromatic rings. The van der Waals surface area contributed by atoms with Crippen LogP contribution in [0.15, 0.2) is 47.6 Å². The number of carbonyl (C=O) groups excluding carboxylic acids is 2. The Kier molecular flexibility index (Phi) is 5.23. The van der Waals surface area contributed by atoms with Gasteiger partial charge >= 0.3 is 6.09 Å². The summed E-state index contributed by atoms with van der Waals surface area (Å²) in [6.07, 6.45) is -0.567. The van der Waals surface area contributed by atoms with E-state index in [0.717, 1.165) is 5.56 Å². The van der Waals surface area contributed by atoms with Gasteiger partial charge in [-0.2, -0.15) is 5.10 Å². The van der Waals surface area contributed by atoms with E-state index in [9.17, 15) is 14.5 Å². The zero-order valence-corrected chi connectivity index (χ0v) is 14.2. The minimum atomic E-state index is -0.591. The highest BCUT2D eigenvalue weighted by atomic mass is 35.5. The van der Waals surface area contributed by atoms with E-state index >= 15 is 0 Å². The molecule has 3 N–H and O–H groups in total. The number of amides is 2. The number of rotatable bonds is 5. The molecule has 2 aromatic carbocycles. The number of hydrogen-bond donors (Lipinski definition) is 3. The third-order valence-electron chi connectivity index (χ3n) is 3.66. The Hall–Kier alpha value is -3.26. The number of halogens is 1. The molecule has 8 nitrogen and oxygen atoms in total. The van der Waals surface area contributed by atoms with Crippen LogP contribution in [0.25, 0.3) is 0 Å². The van der Waals surface area contributed by atoms with Crippen LogP contribution in [-0.2, 0) is 16.0 Å². The number of nitroso groups, excluding NO2 is 1. The number of ether oxygens (including phenoxy) is 1. The summed E-state index contributed by atoms with van der Waals surface area (Å²) in [5.41, 5.74) is 4.97. The van der Waals surface area contributed by atoms with Crippen molar-refractivity contribution in [2.45, 2.75) is 6.42 Å². The minimum absolute atomic E-state index is 0.0239. The fraction of sp³-hybridized carbons (Fsp3) is 0.118. The third kappa shape index (κ3) is 4.22. The first-order chi connectivity index (χ1) is 12.5. The Morgan fingerprint density at radius 2 is 2.04 bits per heavy atom. The van der Waals surface area contributed by atoms with Gasteiger partial charge in [-0.1, -0.05) is 29.8 Å². The van der Waals surface area contributed by atoms with Crippen molar-refractivity contribution >= 4 is 40.7 Å². The number of cyclic esters (lactones) is 1. The number of nitrogens with one attached hydrogen (secondary N) is 3. The third-order valence-corrected chi connectivity index (χ3v) is 3.89. The van der Waals surface area contributed by atoms with Crippen LogP contribution in [0.2, 0.25) is 5.02 Å². The number of hydrazone groups is 1. The van der Waals surface area contributed by atoms with Gasteiger partial charge in [-0.3, -0.25) is 4.79 Å². The van der Waals surface area contributed by atoms with Gasteiger partial charge in [0, 0.05) is 38.0 Å².